The maximum absolute atomic E-state index is 5.62. The third-order valence-corrected chi connectivity index (χ3v) is 1.43. The lowest BCUT2D eigenvalue weighted by molar-refractivity contribution is 1.43. The SMILES string of the molecule is [B]c1cc(C)ccc1C. The Bertz CT molecular complexity index is 216. The minimum atomic E-state index is 0.884. The molecule has 0 atom stereocenters. The molecule has 1 aromatic rings. The number of benzene rings is 1. The molecule has 1 rings (SSSR count). The standard InChI is InChI=1S/C8H9B/c1-6-3-4-7(2)8(9)5-6/h3-5H,1-2H3. The van der Waals surface area contributed by atoms with E-state index in [2.05, 4.69) is 6.07 Å². The molecule has 1 heteroatoms. The fourth-order valence-electron chi connectivity index (χ4n) is 0.760. The maximum atomic E-state index is 5.62. The molecule has 0 aromatic heterocycles. The van der Waals surface area contributed by atoms with Crippen molar-refractivity contribution in [2.75, 3.05) is 0 Å². The van der Waals surface area contributed by atoms with Crippen molar-refractivity contribution in [2.24, 2.45) is 0 Å². The summed E-state index contributed by atoms with van der Waals surface area (Å²) in [6.07, 6.45) is 0. The van der Waals surface area contributed by atoms with Gasteiger partial charge in [-0.25, -0.2) is 0 Å². The van der Waals surface area contributed by atoms with E-state index in [4.69, 9.17) is 7.85 Å². The molecule has 0 bridgehead atoms. The van der Waals surface area contributed by atoms with Crippen LogP contribution in [-0.2, 0) is 0 Å². The zero-order valence-corrected chi connectivity index (χ0v) is 5.81. The second kappa shape index (κ2) is 2.26. The van der Waals surface area contributed by atoms with E-state index in [1.807, 2.05) is 26.0 Å². The Morgan fingerprint density at radius 2 is 1.89 bits per heavy atom. The molecule has 0 aliphatic heterocycles. The molecule has 0 unspecified atom stereocenters. The quantitative estimate of drug-likeness (QED) is 0.445. The highest BCUT2D eigenvalue weighted by atomic mass is 13.9. The van der Waals surface area contributed by atoms with Gasteiger partial charge in [0.25, 0.3) is 0 Å². The lowest BCUT2D eigenvalue weighted by atomic mass is 9.90. The molecule has 0 spiro atoms. The lowest BCUT2D eigenvalue weighted by Gasteiger charge is -1.98. The molecule has 44 valence electrons. The second-order valence-electron chi connectivity index (χ2n) is 2.36. The zero-order valence-electron chi connectivity index (χ0n) is 5.81. The summed E-state index contributed by atoms with van der Waals surface area (Å²) in [4.78, 5) is 0. The van der Waals surface area contributed by atoms with Crippen LogP contribution in [0.4, 0.5) is 0 Å². The van der Waals surface area contributed by atoms with E-state index in [-0.39, 0.29) is 0 Å². The topological polar surface area (TPSA) is 0 Å². The minimum absolute atomic E-state index is 0.884. The molecule has 0 N–H and O–H groups in total. The summed E-state index contributed by atoms with van der Waals surface area (Å²) in [6.45, 7) is 4.05. The summed E-state index contributed by atoms with van der Waals surface area (Å²) in [5.41, 5.74) is 3.26. The molecule has 0 aliphatic rings. The summed E-state index contributed by atoms with van der Waals surface area (Å²) in [5, 5.41) is 0. The molecule has 0 heterocycles. The van der Waals surface area contributed by atoms with E-state index in [9.17, 15) is 0 Å². The Kier molecular flexibility index (Phi) is 1.61. The predicted octanol–water partition coefficient (Wildman–Crippen LogP) is 1.10. The van der Waals surface area contributed by atoms with Crippen LogP contribution in [0.3, 0.4) is 0 Å². The third-order valence-electron chi connectivity index (χ3n) is 1.43. The number of rotatable bonds is 0. The highest BCUT2D eigenvalue weighted by molar-refractivity contribution is 6.33. The monoisotopic (exact) mass is 116 g/mol. The van der Waals surface area contributed by atoms with Crippen molar-refractivity contribution in [3.63, 3.8) is 0 Å². The van der Waals surface area contributed by atoms with Gasteiger partial charge in [-0.1, -0.05) is 34.8 Å². The summed E-state index contributed by atoms with van der Waals surface area (Å²) in [7, 11) is 5.62. The smallest absolute Gasteiger partial charge is 0.0936 e. The fraction of sp³-hybridized carbons (Fsp3) is 0.250. The van der Waals surface area contributed by atoms with Crippen LogP contribution in [0.2, 0.25) is 0 Å². The van der Waals surface area contributed by atoms with Crippen LogP contribution < -0.4 is 5.46 Å². The molecule has 0 fully saturated rings. The van der Waals surface area contributed by atoms with Gasteiger partial charge in [0.1, 0.15) is 7.85 Å². The molecule has 0 nitrogen and oxygen atoms in total. The van der Waals surface area contributed by atoms with E-state index in [1.165, 1.54) is 5.56 Å². The van der Waals surface area contributed by atoms with Gasteiger partial charge in [0.15, 0.2) is 0 Å². The van der Waals surface area contributed by atoms with Crippen LogP contribution in [-0.4, -0.2) is 7.85 Å². The summed E-state index contributed by atoms with van der Waals surface area (Å²) < 4.78 is 0. The van der Waals surface area contributed by atoms with Crippen LogP contribution in [0.5, 0.6) is 0 Å². The minimum Gasteiger partial charge on any atom is -0.0936 e. The first-order chi connectivity index (χ1) is 4.20. The number of hydrogen-bond donors (Lipinski definition) is 0. The van der Waals surface area contributed by atoms with Crippen molar-refractivity contribution in [3.05, 3.63) is 29.3 Å². The lowest BCUT2D eigenvalue weighted by Crippen LogP contribution is -2.06. The van der Waals surface area contributed by atoms with Gasteiger partial charge in [0, 0.05) is 0 Å². The van der Waals surface area contributed by atoms with Crippen LogP contribution in [0.15, 0.2) is 18.2 Å². The first-order valence-electron chi connectivity index (χ1n) is 3.03. The van der Waals surface area contributed by atoms with Crippen molar-refractivity contribution in [2.45, 2.75) is 13.8 Å². The molecule has 0 amide bonds. The van der Waals surface area contributed by atoms with Crippen LogP contribution in [0.1, 0.15) is 11.1 Å². The van der Waals surface area contributed by atoms with E-state index >= 15 is 0 Å². The van der Waals surface area contributed by atoms with E-state index in [0.717, 1.165) is 11.0 Å². The Morgan fingerprint density at radius 1 is 1.22 bits per heavy atom. The van der Waals surface area contributed by atoms with Crippen LogP contribution >= 0.6 is 0 Å². The van der Waals surface area contributed by atoms with Gasteiger partial charge in [0.05, 0.1) is 0 Å². The summed E-state index contributed by atoms with van der Waals surface area (Å²) in [6, 6.07) is 6.08. The Balaban J connectivity index is 3.17. The van der Waals surface area contributed by atoms with Crippen LogP contribution in [0, 0.1) is 13.8 Å². The predicted molar refractivity (Wildman–Crippen MR) is 41.3 cm³/mol. The Hall–Kier alpha value is -0.715. The van der Waals surface area contributed by atoms with Gasteiger partial charge >= 0.3 is 0 Å². The Morgan fingerprint density at radius 3 is 2.33 bits per heavy atom. The summed E-state index contributed by atoms with van der Waals surface area (Å²) in [5.74, 6) is 0. The molecule has 9 heavy (non-hydrogen) atoms. The van der Waals surface area contributed by atoms with Crippen molar-refractivity contribution in [1.29, 1.82) is 0 Å². The van der Waals surface area contributed by atoms with E-state index in [1.54, 1.807) is 0 Å². The third kappa shape index (κ3) is 1.35. The Labute approximate surface area is 57.3 Å². The first-order valence-corrected chi connectivity index (χ1v) is 3.03. The van der Waals surface area contributed by atoms with Crippen LogP contribution in [0.25, 0.3) is 0 Å². The van der Waals surface area contributed by atoms with Gasteiger partial charge in [0.2, 0.25) is 0 Å². The van der Waals surface area contributed by atoms with Gasteiger partial charge in [-0.2, -0.15) is 0 Å². The average molecular weight is 116 g/mol. The van der Waals surface area contributed by atoms with Gasteiger partial charge in [-0.3, -0.25) is 0 Å². The highest BCUT2D eigenvalue weighted by Crippen LogP contribution is 1.96. The van der Waals surface area contributed by atoms with Crippen molar-refractivity contribution >= 4 is 13.3 Å². The fourth-order valence-corrected chi connectivity index (χ4v) is 0.760. The van der Waals surface area contributed by atoms with Gasteiger partial charge in [-0.15, -0.1) is 0 Å². The van der Waals surface area contributed by atoms with Gasteiger partial charge in [-0.05, 0) is 13.8 Å². The number of hydrogen-bond acceptors (Lipinski definition) is 0. The largest absolute Gasteiger partial charge is 0.114 e. The van der Waals surface area contributed by atoms with Gasteiger partial charge < -0.3 is 0 Å². The van der Waals surface area contributed by atoms with Crippen molar-refractivity contribution in [1.82, 2.24) is 0 Å². The molecular formula is C8H9B. The maximum Gasteiger partial charge on any atom is 0.114 e. The van der Waals surface area contributed by atoms with Crippen molar-refractivity contribution in [3.8, 4) is 0 Å². The normalized spacial score (nSPS) is 9.56. The molecular weight excluding hydrogens is 107 g/mol. The molecule has 2 radical (unpaired) electrons. The highest BCUT2D eigenvalue weighted by Gasteiger charge is 1.88. The average Bonchev–Trinajstić information content (AvgIpc) is 1.80. The summed E-state index contributed by atoms with van der Waals surface area (Å²) >= 11 is 0. The molecule has 0 saturated carbocycles. The van der Waals surface area contributed by atoms with Crippen molar-refractivity contribution < 1.29 is 0 Å². The zero-order chi connectivity index (χ0) is 6.85. The molecule has 1 aromatic carbocycles. The molecule has 0 aliphatic carbocycles. The molecule has 0 saturated heterocycles. The van der Waals surface area contributed by atoms with E-state index in [0.29, 0.717) is 0 Å². The first kappa shape index (κ1) is 6.41. The number of aryl methyl sites for hydroxylation is 2. The van der Waals surface area contributed by atoms with E-state index < -0.39 is 0 Å². The second-order valence-corrected chi connectivity index (χ2v) is 2.36.